The number of nitrogens with one attached hydrogen (secondary N) is 1. The second-order valence-electron chi connectivity index (χ2n) is 9.16. The Balaban J connectivity index is 1.53. The zero-order valence-corrected chi connectivity index (χ0v) is 20.6. The van der Waals surface area contributed by atoms with Crippen LogP contribution in [0.15, 0.2) is 29.4 Å². The molecule has 0 radical (unpaired) electrons. The predicted octanol–water partition coefficient (Wildman–Crippen LogP) is 2.74. The minimum atomic E-state index is -3.11. The number of carbonyl (C=O) groups excluding carboxylic acids is 1. The quantitative estimate of drug-likeness (QED) is 0.590. The van der Waals surface area contributed by atoms with E-state index in [1.54, 1.807) is 19.1 Å². The summed E-state index contributed by atoms with van der Waals surface area (Å²) in [4.78, 5) is 15.0. The number of thioether (sulfide) groups is 1. The molecule has 1 aromatic heterocycles. The standard InChI is InChI=1S/C22H30FN5O3S2/c1-16(27-11-4-3-5-12-27)20-25-26-21(28(20)18-8-6-17(23)7-9-18)32-14-19(29)24-22(2)10-13-33(30,31)15-22/h6-9,16H,3-5,10-15H2,1-2H3,(H,24,29)/t16-,22+/m0/s1. The zero-order valence-electron chi connectivity index (χ0n) is 19.0. The number of hydrogen-bond donors (Lipinski definition) is 1. The van der Waals surface area contributed by atoms with Gasteiger partial charge in [0.1, 0.15) is 5.82 Å². The summed E-state index contributed by atoms with van der Waals surface area (Å²) in [5, 5.41) is 12.2. The molecule has 1 aromatic carbocycles. The van der Waals surface area contributed by atoms with Crippen LogP contribution in [0.1, 0.15) is 51.4 Å². The molecular formula is C22H30FN5O3S2. The van der Waals surface area contributed by atoms with Gasteiger partial charge in [-0.05, 0) is 70.5 Å². The fraction of sp³-hybridized carbons (Fsp3) is 0.591. The lowest BCUT2D eigenvalue weighted by molar-refractivity contribution is -0.120. The zero-order chi connectivity index (χ0) is 23.6. The van der Waals surface area contributed by atoms with Gasteiger partial charge >= 0.3 is 0 Å². The molecule has 2 aliphatic rings. The van der Waals surface area contributed by atoms with Crippen molar-refractivity contribution in [1.29, 1.82) is 0 Å². The monoisotopic (exact) mass is 495 g/mol. The van der Waals surface area contributed by atoms with Gasteiger partial charge in [-0.2, -0.15) is 0 Å². The Morgan fingerprint density at radius 3 is 2.55 bits per heavy atom. The molecule has 2 fully saturated rings. The van der Waals surface area contributed by atoms with Gasteiger partial charge in [0.15, 0.2) is 20.8 Å². The molecule has 0 spiro atoms. The van der Waals surface area contributed by atoms with E-state index in [1.807, 2.05) is 4.57 Å². The van der Waals surface area contributed by atoms with Gasteiger partial charge in [0.05, 0.1) is 28.8 Å². The number of rotatable bonds is 7. The Morgan fingerprint density at radius 1 is 1.21 bits per heavy atom. The van der Waals surface area contributed by atoms with Crippen molar-refractivity contribution in [2.45, 2.75) is 56.3 Å². The van der Waals surface area contributed by atoms with E-state index in [2.05, 4.69) is 27.3 Å². The van der Waals surface area contributed by atoms with Crippen LogP contribution >= 0.6 is 11.8 Å². The van der Waals surface area contributed by atoms with E-state index < -0.39 is 15.4 Å². The molecule has 0 saturated carbocycles. The first-order chi connectivity index (χ1) is 15.7. The van der Waals surface area contributed by atoms with Gasteiger partial charge in [-0.15, -0.1) is 10.2 Å². The third kappa shape index (κ3) is 5.75. The number of hydrogen-bond acceptors (Lipinski definition) is 7. The molecule has 1 amide bonds. The van der Waals surface area contributed by atoms with Crippen molar-refractivity contribution in [3.8, 4) is 5.69 Å². The average Bonchev–Trinajstić information content (AvgIpc) is 3.32. The molecule has 0 bridgehead atoms. The third-order valence-corrected chi connectivity index (χ3v) is 9.16. The van der Waals surface area contributed by atoms with E-state index in [-0.39, 0.29) is 35.0 Å². The first kappa shape index (κ1) is 24.2. The van der Waals surface area contributed by atoms with E-state index in [0.717, 1.165) is 37.4 Å². The van der Waals surface area contributed by atoms with Crippen LogP contribution in [-0.2, 0) is 14.6 Å². The Kier molecular flexibility index (Phi) is 7.11. The van der Waals surface area contributed by atoms with Gasteiger partial charge in [-0.1, -0.05) is 18.2 Å². The van der Waals surface area contributed by atoms with Crippen LogP contribution in [0.4, 0.5) is 4.39 Å². The van der Waals surface area contributed by atoms with Gasteiger partial charge in [-0.3, -0.25) is 14.3 Å². The van der Waals surface area contributed by atoms with Crippen LogP contribution in [0, 0.1) is 5.82 Å². The lowest BCUT2D eigenvalue weighted by atomic mass is 10.0. The smallest absolute Gasteiger partial charge is 0.230 e. The van der Waals surface area contributed by atoms with E-state index in [1.165, 1.54) is 30.3 Å². The Labute approximate surface area is 198 Å². The van der Waals surface area contributed by atoms with E-state index in [9.17, 15) is 17.6 Å². The van der Waals surface area contributed by atoms with Crippen molar-refractivity contribution in [2.24, 2.45) is 0 Å². The topological polar surface area (TPSA) is 97.2 Å². The summed E-state index contributed by atoms with van der Waals surface area (Å²) >= 11 is 1.24. The minimum absolute atomic E-state index is 0.0219. The van der Waals surface area contributed by atoms with Crippen molar-refractivity contribution >= 4 is 27.5 Å². The molecule has 33 heavy (non-hydrogen) atoms. The van der Waals surface area contributed by atoms with Gasteiger partial charge in [0, 0.05) is 5.69 Å². The molecular weight excluding hydrogens is 465 g/mol. The van der Waals surface area contributed by atoms with E-state index in [4.69, 9.17) is 0 Å². The molecule has 2 aromatic rings. The van der Waals surface area contributed by atoms with Crippen LogP contribution in [0.5, 0.6) is 0 Å². The molecule has 11 heteroatoms. The summed E-state index contributed by atoms with van der Waals surface area (Å²) in [7, 11) is -3.11. The summed E-state index contributed by atoms with van der Waals surface area (Å²) in [5.74, 6) is 0.297. The van der Waals surface area contributed by atoms with Crippen molar-refractivity contribution in [3.05, 3.63) is 35.9 Å². The van der Waals surface area contributed by atoms with Gasteiger partial charge in [0.2, 0.25) is 5.91 Å². The Morgan fingerprint density at radius 2 is 1.91 bits per heavy atom. The van der Waals surface area contributed by atoms with Gasteiger partial charge in [0.25, 0.3) is 0 Å². The maximum absolute atomic E-state index is 13.6. The molecule has 3 heterocycles. The Hall–Kier alpha value is -1.98. The molecule has 4 rings (SSSR count). The van der Waals surface area contributed by atoms with Crippen LogP contribution in [0.3, 0.4) is 0 Å². The number of carbonyl (C=O) groups is 1. The largest absolute Gasteiger partial charge is 0.349 e. The molecule has 2 aliphatic heterocycles. The number of amides is 1. The number of likely N-dealkylation sites (tertiary alicyclic amines) is 1. The highest BCUT2D eigenvalue weighted by atomic mass is 32.2. The maximum atomic E-state index is 13.6. The van der Waals surface area contributed by atoms with Crippen molar-refractivity contribution in [3.63, 3.8) is 0 Å². The number of piperidine rings is 1. The van der Waals surface area contributed by atoms with Crippen LogP contribution < -0.4 is 5.32 Å². The SMILES string of the molecule is C[C@@H](c1nnc(SCC(=O)N[C@]2(C)CCS(=O)(=O)C2)n1-c1ccc(F)cc1)N1CCCCC1. The number of benzene rings is 1. The maximum Gasteiger partial charge on any atom is 0.230 e. The normalized spacial score (nSPS) is 24.0. The molecule has 0 aliphatic carbocycles. The highest BCUT2D eigenvalue weighted by Gasteiger charge is 2.39. The fourth-order valence-corrected chi connectivity index (χ4v) is 7.41. The highest BCUT2D eigenvalue weighted by Crippen LogP contribution is 2.30. The lowest BCUT2D eigenvalue weighted by Crippen LogP contribution is -2.47. The second-order valence-corrected chi connectivity index (χ2v) is 12.3. The molecule has 0 unspecified atom stereocenters. The fourth-order valence-electron chi connectivity index (χ4n) is 4.56. The van der Waals surface area contributed by atoms with Gasteiger partial charge in [-0.25, -0.2) is 12.8 Å². The third-order valence-electron chi connectivity index (χ3n) is 6.33. The predicted molar refractivity (Wildman–Crippen MR) is 126 cm³/mol. The first-order valence-electron chi connectivity index (χ1n) is 11.3. The highest BCUT2D eigenvalue weighted by molar-refractivity contribution is 7.99. The number of sulfone groups is 1. The molecule has 1 N–H and O–H groups in total. The van der Waals surface area contributed by atoms with Crippen LogP contribution in [-0.4, -0.2) is 69.9 Å². The van der Waals surface area contributed by atoms with Crippen molar-refractivity contribution in [1.82, 2.24) is 25.0 Å². The van der Waals surface area contributed by atoms with Crippen LogP contribution in [0.25, 0.3) is 5.69 Å². The number of halogens is 1. The summed E-state index contributed by atoms with van der Waals surface area (Å²) in [6.45, 7) is 5.84. The molecule has 180 valence electrons. The summed E-state index contributed by atoms with van der Waals surface area (Å²) < 4.78 is 39.1. The Bertz CT molecular complexity index is 1100. The summed E-state index contributed by atoms with van der Waals surface area (Å²) in [5.41, 5.74) is -0.00768. The first-order valence-corrected chi connectivity index (χ1v) is 14.1. The number of aromatic nitrogens is 3. The van der Waals surface area contributed by atoms with Crippen molar-refractivity contribution < 1.29 is 17.6 Å². The minimum Gasteiger partial charge on any atom is -0.349 e. The van der Waals surface area contributed by atoms with Crippen molar-refractivity contribution in [2.75, 3.05) is 30.3 Å². The summed E-state index contributed by atoms with van der Waals surface area (Å²) in [6.07, 6.45) is 3.93. The average molecular weight is 496 g/mol. The summed E-state index contributed by atoms with van der Waals surface area (Å²) in [6, 6.07) is 6.17. The number of nitrogens with zero attached hydrogens (tertiary/aromatic N) is 4. The van der Waals surface area contributed by atoms with Crippen LogP contribution in [0.2, 0.25) is 0 Å². The van der Waals surface area contributed by atoms with E-state index in [0.29, 0.717) is 11.6 Å². The molecule has 2 saturated heterocycles. The molecule has 8 nitrogen and oxygen atoms in total. The van der Waals surface area contributed by atoms with Gasteiger partial charge < -0.3 is 5.32 Å². The molecule has 2 atom stereocenters. The lowest BCUT2D eigenvalue weighted by Gasteiger charge is -2.31. The second kappa shape index (κ2) is 9.71. The van der Waals surface area contributed by atoms with E-state index >= 15 is 0 Å².